The molecule has 1 saturated heterocycles. The van der Waals surface area contributed by atoms with Crippen molar-refractivity contribution >= 4 is 17.9 Å². The second-order valence-electron chi connectivity index (χ2n) is 10.1. The van der Waals surface area contributed by atoms with E-state index in [0.717, 1.165) is 42.4 Å². The predicted octanol–water partition coefficient (Wildman–Crippen LogP) is 4.16. The smallest absolute Gasteiger partial charge is 0.275 e. The van der Waals surface area contributed by atoms with Gasteiger partial charge in [0.2, 0.25) is 11.8 Å². The lowest BCUT2D eigenvalue weighted by Gasteiger charge is -2.66. The first-order valence-corrected chi connectivity index (χ1v) is 11.8. The number of anilines is 1. The van der Waals surface area contributed by atoms with Crippen molar-refractivity contribution in [3.8, 4) is 23.8 Å². The van der Waals surface area contributed by atoms with Crippen LogP contribution in [0.4, 0.5) is 5.95 Å². The number of aryl methyl sites for hydroxylation is 2. The Morgan fingerprint density at radius 2 is 1.97 bits per heavy atom. The van der Waals surface area contributed by atoms with E-state index in [2.05, 4.69) is 16.4 Å². The zero-order valence-corrected chi connectivity index (χ0v) is 19.6. The molecule has 176 valence electrons. The monoisotopic (exact) mass is 468 g/mol. The number of amides is 1. The van der Waals surface area contributed by atoms with Crippen molar-refractivity contribution in [2.45, 2.75) is 51.3 Å². The number of nitrogens with zero attached hydrogens (tertiary/aromatic N) is 5. The third-order valence-corrected chi connectivity index (χ3v) is 7.40. The van der Waals surface area contributed by atoms with Crippen LogP contribution in [-0.4, -0.2) is 39.5 Å². The first-order valence-electron chi connectivity index (χ1n) is 11.8. The number of ether oxygens (including phenoxy) is 2. The number of aromatic nitrogens is 2. The van der Waals surface area contributed by atoms with Crippen LogP contribution in [0, 0.1) is 41.9 Å². The van der Waals surface area contributed by atoms with Gasteiger partial charge < -0.3 is 19.7 Å². The van der Waals surface area contributed by atoms with Gasteiger partial charge in [0, 0.05) is 18.2 Å². The largest absolute Gasteiger partial charge is 0.438 e. The summed E-state index contributed by atoms with van der Waals surface area (Å²) < 4.78 is 12.4. The fourth-order valence-corrected chi connectivity index (χ4v) is 5.94. The first kappa shape index (κ1) is 21.6. The summed E-state index contributed by atoms with van der Waals surface area (Å²) in [6.45, 7) is 5.01. The molecule has 35 heavy (non-hydrogen) atoms. The van der Waals surface area contributed by atoms with Crippen LogP contribution in [0.3, 0.4) is 0 Å². The Morgan fingerprint density at radius 3 is 2.66 bits per heavy atom. The topological polar surface area (TPSA) is 124 Å². The fourth-order valence-electron chi connectivity index (χ4n) is 5.94. The summed E-state index contributed by atoms with van der Waals surface area (Å²) >= 11 is 0. The summed E-state index contributed by atoms with van der Waals surface area (Å²) in [4.78, 5) is 24.2. The van der Waals surface area contributed by atoms with E-state index in [1.807, 2.05) is 32.0 Å². The molecule has 1 amide bonds. The maximum atomic E-state index is 13.2. The normalized spacial score (nSPS) is 27.8. The van der Waals surface area contributed by atoms with Gasteiger partial charge in [-0.2, -0.15) is 15.5 Å². The number of nitriles is 2. The molecular weight excluding hydrogens is 444 g/mol. The van der Waals surface area contributed by atoms with Crippen molar-refractivity contribution in [1.82, 2.24) is 14.9 Å². The van der Waals surface area contributed by atoms with Crippen molar-refractivity contribution in [1.29, 1.82) is 10.5 Å². The van der Waals surface area contributed by atoms with E-state index in [1.165, 1.54) is 6.08 Å². The van der Waals surface area contributed by atoms with Crippen LogP contribution in [0.1, 0.15) is 64.7 Å². The lowest BCUT2D eigenvalue weighted by Crippen LogP contribution is -2.70. The van der Waals surface area contributed by atoms with Gasteiger partial charge in [0.25, 0.3) is 5.91 Å². The van der Waals surface area contributed by atoms with E-state index in [4.69, 9.17) is 19.7 Å². The number of hydrogen-bond donors (Lipinski definition) is 1. The number of carbonyl (C=O) groups is 1. The van der Waals surface area contributed by atoms with Crippen LogP contribution in [0.15, 0.2) is 18.2 Å². The van der Waals surface area contributed by atoms with Gasteiger partial charge in [-0.15, -0.1) is 0 Å². The Balaban J connectivity index is 1.39. The van der Waals surface area contributed by atoms with Gasteiger partial charge in [0.15, 0.2) is 6.23 Å². The zero-order valence-electron chi connectivity index (χ0n) is 19.6. The third kappa shape index (κ3) is 3.27. The molecule has 2 aromatic rings. The third-order valence-electron chi connectivity index (χ3n) is 7.40. The second-order valence-corrected chi connectivity index (χ2v) is 10.1. The van der Waals surface area contributed by atoms with Crippen LogP contribution in [0.2, 0.25) is 0 Å². The zero-order chi connectivity index (χ0) is 24.4. The Kier molecular flexibility index (Phi) is 4.64. The van der Waals surface area contributed by atoms with Gasteiger partial charge in [-0.25, -0.2) is 4.98 Å². The van der Waals surface area contributed by atoms with E-state index in [9.17, 15) is 10.1 Å². The maximum absolute atomic E-state index is 13.2. The van der Waals surface area contributed by atoms with Gasteiger partial charge in [-0.1, -0.05) is 0 Å². The number of fused-ring (bicyclic) bond motifs is 3. The van der Waals surface area contributed by atoms with E-state index in [0.29, 0.717) is 42.0 Å². The molecule has 0 unspecified atom stereocenters. The summed E-state index contributed by atoms with van der Waals surface area (Å²) in [7, 11) is 0. The molecule has 1 atom stereocenters. The van der Waals surface area contributed by atoms with Crippen molar-refractivity contribution in [2.75, 3.05) is 18.5 Å². The van der Waals surface area contributed by atoms with Crippen LogP contribution in [-0.2, 0) is 4.74 Å². The molecule has 2 aliphatic heterocycles. The Labute approximate surface area is 203 Å². The Morgan fingerprint density at radius 1 is 1.23 bits per heavy atom. The van der Waals surface area contributed by atoms with Gasteiger partial charge in [-0.3, -0.25) is 4.79 Å². The SMILES string of the molecule is Cc1cc(/C=C/C#N)cc(C)c1Oc1nc(NC23CC(C#N)(C2)C3)nc2c1[C@H]1OCCCN1C2=O. The number of rotatable bonds is 5. The molecule has 1 aromatic carbocycles. The molecule has 4 fully saturated rings. The Hall–Kier alpha value is -3.95. The second kappa shape index (κ2) is 7.53. The van der Waals surface area contributed by atoms with Crippen LogP contribution < -0.4 is 10.1 Å². The van der Waals surface area contributed by atoms with Gasteiger partial charge >= 0.3 is 0 Å². The molecule has 5 aliphatic rings. The molecule has 0 radical (unpaired) electrons. The molecule has 0 spiro atoms. The summed E-state index contributed by atoms with van der Waals surface area (Å²) in [5.41, 5.74) is 3.11. The predicted molar refractivity (Wildman–Crippen MR) is 125 cm³/mol. The van der Waals surface area contributed by atoms with Crippen LogP contribution in [0.5, 0.6) is 11.6 Å². The molecule has 9 heteroatoms. The van der Waals surface area contributed by atoms with Crippen molar-refractivity contribution in [2.24, 2.45) is 5.41 Å². The molecular formula is C26H24N6O3. The minimum atomic E-state index is -0.564. The van der Waals surface area contributed by atoms with Gasteiger partial charge in [0.1, 0.15) is 11.4 Å². The van der Waals surface area contributed by atoms with Gasteiger partial charge in [-0.05, 0) is 74.4 Å². The van der Waals surface area contributed by atoms with E-state index < -0.39 is 6.23 Å². The molecule has 7 rings (SSSR count). The van der Waals surface area contributed by atoms with Crippen LogP contribution in [0.25, 0.3) is 6.08 Å². The average molecular weight is 469 g/mol. The fraction of sp³-hybridized carbons (Fsp3) is 0.423. The molecule has 3 aliphatic carbocycles. The maximum Gasteiger partial charge on any atom is 0.275 e. The molecule has 1 aromatic heterocycles. The molecule has 2 bridgehead atoms. The highest BCUT2D eigenvalue weighted by atomic mass is 16.5. The summed E-state index contributed by atoms with van der Waals surface area (Å²) in [5.74, 6) is 1.09. The number of benzene rings is 1. The standard InChI is InChI=1S/C26H24N6O3/c1-15-9-17(5-3-6-27)10-16(2)20(15)35-21-18-19(22(33)32-7-4-8-34-23(18)32)29-24(30-21)31-26-11-25(12-26,13-26)14-28/h3,5,9-10,23H,4,7-8,11-13H2,1-2H3,(H,29,30,31)/b5-3+/t23-,25?,26?/m1/s1. The van der Waals surface area contributed by atoms with Crippen molar-refractivity contribution in [3.63, 3.8) is 0 Å². The lowest BCUT2D eigenvalue weighted by atomic mass is 9.40. The minimum Gasteiger partial charge on any atom is -0.438 e. The molecule has 9 nitrogen and oxygen atoms in total. The summed E-state index contributed by atoms with van der Waals surface area (Å²) in [6.07, 6.45) is 5.66. The highest BCUT2D eigenvalue weighted by molar-refractivity contribution is 5.98. The summed E-state index contributed by atoms with van der Waals surface area (Å²) in [6, 6.07) is 8.29. The quantitative estimate of drug-likeness (QED) is 0.649. The summed E-state index contributed by atoms with van der Waals surface area (Å²) in [5, 5.41) is 21.6. The number of carbonyl (C=O) groups excluding carboxylic acids is 1. The van der Waals surface area contributed by atoms with Gasteiger partial charge in [0.05, 0.1) is 29.7 Å². The van der Waals surface area contributed by atoms with Crippen molar-refractivity contribution in [3.05, 3.63) is 46.2 Å². The highest BCUT2D eigenvalue weighted by Gasteiger charge is 2.69. The number of hydrogen-bond acceptors (Lipinski definition) is 8. The Bertz CT molecular complexity index is 1340. The van der Waals surface area contributed by atoms with Crippen molar-refractivity contribution < 1.29 is 14.3 Å². The van der Waals surface area contributed by atoms with E-state index in [1.54, 1.807) is 11.0 Å². The molecule has 1 N–H and O–H groups in total. The van der Waals surface area contributed by atoms with E-state index >= 15 is 0 Å². The van der Waals surface area contributed by atoms with E-state index in [-0.39, 0.29) is 16.9 Å². The number of nitrogens with one attached hydrogen (secondary N) is 1. The first-order chi connectivity index (χ1) is 16.9. The average Bonchev–Trinajstić information content (AvgIpc) is 3.08. The molecule has 3 heterocycles. The molecule has 3 saturated carbocycles. The minimum absolute atomic E-state index is 0.184. The van der Waals surface area contributed by atoms with Crippen LogP contribution >= 0.6 is 0 Å². The number of allylic oxidation sites excluding steroid dienone is 1. The highest BCUT2D eigenvalue weighted by Crippen LogP contribution is 2.67. The lowest BCUT2D eigenvalue weighted by molar-refractivity contribution is -0.0724.